The summed E-state index contributed by atoms with van der Waals surface area (Å²) >= 11 is 1.43. The van der Waals surface area contributed by atoms with E-state index in [-0.39, 0.29) is 29.6 Å². The Bertz CT molecular complexity index is 756. The number of nitrogens with zero attached hydrogens (tertiary/aromatic N) is 2. The van der Waals surface area contributed by atoms with Crippen LogP contribution in [0, 0.1) is 0 Å². The average molecular weight is 330 g/mol. The molecule has 0 saturated heterocycles. The highest BCUT2D eigenvalue weighted by Crippen LogP contribution is 2.24. The molecule has 3 aromatic rings. The minimum Gasteiger partial charge on any atom is -0.459 e. The maximum absolute atomic E-state index is 12.0. The zero-order chi connectivity index (χ0) is 16.1. The van der Waals surface area contributed by atoms with Crippen LogP contribution in [0.2, 0.25) is 0 Å². The van der Waals surface area contributed by atoms with E-state index in [2.05, 4.69) is 10.2 Å². The first-order valence-corrected chi connectivity index (χ1v) is 7.85. The number of carbonyl (C=O) groups excluding carboxylic acids is 1. The van der Waals surface area contributed by atoms with Gasteiger partial charge in [0.15, 0.2) is 12.4 Å². The van der Waals surface area contributed by atoms with Crippen molar-refractivity contribution in [2.24, 2.45) is 0 Å². The molecule has 0 N–H and O–H groups in total. The van der Waals surface area contributed by atoms with E-state index in [0.29, 0.717) is 5.76 Å². The Labute approximate surface area is 136 Å². The molecular formula is C16H14N2O4S. The van der Waals surface area contributed by atoms with Crippen LogP contribution in [-0.2, 0) is 16.1 Å². The van der Waals surface area contributed by atoms with Gasteiger partial charge in [0.2, 0.25) is 0 Å². The molecule has 0 amide bonds. The second-order valence-electron chi connectivity index (χ2n) is 4.66. The summed E-state index contributed by atoms with van der Waals surface area (Å²) in [6, 6.07) is 13.1. The maximum atomic E-state index is 12.0. The lowest BCUT2D eigenvalue weighted by Crippen LogP contribution is -2.16. The third kappa shape index (κ3) is 4.01. The molecule has 23 heavy (non-hydrogen) atoms. The first kappa shape index (κ1) is 15.4. The number of hydrogen-bond acceptors (Lipinski definition) is 7. The van der Waals surface area contributed by atoms with Gasteiger partial charge in [-0.05, 0) is 31.2 Å². The van der Waals surface area contributed by atoms with Crippen molar-refractivity contribution in [3.05, 3.63) is 54.6 Å². The van der Waals surface area contributed by atoms with Crippen LogP contribution >= 0.6 is 11.8 Å². The van der Waals surface area contributed by atoms with Crippen LogP contribution in [-0.4, -0.2) is 21.4 Å². The van der Waals surface area contributed by atoms with Gasteiger partial charge in [-0.15, -0.1) is 22.0 Å². The lowest BCUT2D eigenvalue weighted by atomic mass is 10.4. The molecule has 0 aliphatic rings. The molecule has 1 aromatic carbocycles. The summed E-state index contributed by atoms with van der Waals surface area (Å²) < 4.78 is 15.7. The molecule has 118 valence electrons. The number of aromatic nitrogens is 2. The summed E-state index contributed by atoms with van der Waals surface area (Å²) in [7, 11) is 0. The van der Waals surface area contributed by atoms with Gasteiger partial charge in [0.05, 0.1) is 6.26 Å². The summed E-state index contributed by atoms with van der Waals surface area (Å²) in [5.41, 5.74) is 0. The second-order valence-corrected chi connectivity index (χ2v) is 6.07. The molecule has 7 heteroatoms. The fourth-order valence-corrected chi connectivity index (χ4v) is 2.70. The summed E-state index contributed by atoms with van der Waals surface area (Å²) in [6.45, 7) is 1.73. The molecule has 3 rings (SSSR count). The van der Waals surface area contributed by atoms with Crippen LogP contribution in [0.3, 0.4) is 0 Å². The van der Waals surface area contributed by atoms with Crippen molar-refractivity contribution in [2.45, 2.75) is 23.7 Å². The molecule has 0 saturated carbocycles. The third-order valence-electron chi connectivity index (χ3n) is 2.92. The Morgan fingerprint density at radius 1 is 1.22 bits per heavy atom. The van der Waals surface area contributed by atoms with Gasteiger partial charge in [-0.1, -0.05) is 18.2 Å². The fraction of sp³-hybridized carbons (Fsp3) is 0.188. The van der Waals surface area contributed by atoms with E-state index in [4.69, 9.17) is 13.6 Å². The fourth-order valence-electron chi connectivity index (χ4n) is 1.81. The monoisotopic (exact) mass is 330 g/mol. The molecule has 0 bridgehead atoms. The number of hydrogen-bond donors (Lipinski definition) is 0. The molecule has 1 atom stereocenters. The van der Waals surface area contributed by atoms with E-state index >= 15 is 0 Å². The highest BCUT2D eigenvalue weighted by Gasteiger charge is 2.18. The number of thioether (sulfide) groups is 1. The normalized spacial score (nSPS) is 12.0. The Morgan fingerprint density at radius 2 is 2.04 bits per heavy atom. The van der Waals surface area contributed by atoms with Crippen molar-refractivity contribution >= 4 is 17.7 Å². The first-order chi connectivity index (χ1) is 11.2. The molecule has 0 radical (unpaired) electrons. The van der Waals surface area contributed by atoms with Gasteiger partial charge in [-0.25, -0.2) is 0 Å². The van der Waals surface area contributed by atoms with Gasteiger partial charge in [-0.2, -0.15) is 0 Å². The summed E-state index contributed by atoms with van der Waals surface area (Å²) in [5, 5.41) is 7.34. The van der Waals surface area contributed by atoms with E-state index in [0.717, 1.165) is 4.90 Å². The van der Waals surface area contributed by atoms with Crippen LogP contribution in [0.5, 0.6) is 0 Å². The minimum absolute atomic E-state index is 0.0633. The van der Waals surface area contributed by atoms with Crippen molar-refractivity contribution in [3.63, 3.8) is 0 Å². The molecule has 2 heterocycles. The van der Waals surface area contributed by atoms with E-state index in [1.54, 1.807) is 19.1 Å². The zero-order valence-electron chi connectivity index (χ0n) is 12.3. The van der Waals surface area contributed by atoms with Crippen molar-refractivity contribution in [2.75, 3.05) is 0 Å². The van der Waals surface area contributed by atoms with Crippen LogP contribution in [0.1, 0.15) is 12.8 Å². The number of furan rings is 1. The van der Waals surface area contributed by atoms with E-state index in [1.807, 2.05) is 30.3 Å². The predicted molar refractivity (Wildman–Crippen MR) is 83.6 cm³/mol. The molecule has 0 unspecified atom stereocenters. The summed E-state index contributed by atoms with van der Waals surface area (Å²) in [4.78, 5) is 13.0. The molecule has 2 aromatic heterocycles. The lowest BCUT2D eigenvalue weighted by molar-refractivity contribution is -0.144. The van der Waals surface area contributed by atoms with Crippen molar-refractivity contribution in [1.82, 2.24) is 10.2 Å². The number of carbonyl (C=O) groups is 1. The van der Waals surface area contributed by atoms with Crippen molar-refractivity contribution in [3.8, 4) is 11.7 Å². The zero-order valence-corrected chi connectivity index (χ0v) is 13.2. The topological polar surface area (TPSA) is 78.4 Å². The standard InChI is InChI=1S/C16H14N2O4S/c1-11(23-12-6-3-2-4-7-12)16(19)21-10-14-17-18-15(22-14)13-8-5-9-20-13/h2-9,11H,10H2,1H3/t11-/m0/s1. The van der Waals surface area contributed by atoms with Crippen LogP contribution in [0.15, 0.2) is 62.5 Å². The second kappa shape index (κ2) is 7.15. The Balaban J connectivity index is 1.52. The smallest absolute Gasteiger partial charge is 0.319 e. The maximum Gasteiger partial charge on any atom is 0.319 e. The minimum atomic E-state index is -0.336. The lowest BCUT2D eigenvalue weighted by Gasteiger charge is -2.09. The van der Waals surface area contributed by atoms with Crippen molar-refractivity contribution in [1.29, 1.82) is 0 Å². The van der Waals surface area contributed by atoms with Gasteiger partial charge in [-0.3, -0.25) is 4.79 Å². The van der Waals surface area contributed by atoms with E-state index in [1.165, 1.54) is 18.0 Å². The molecule has 6 nitrogen and oxygen atoms in total. The van der Waals surface area contributed by atoms with Crippen LogP contribution in [0.25, 0.3) is 11.7 Å². The Kier molecular flexibility index (Phi) is 4.77. The predicted octanol–water partition coefficient (Wildman–Crippen LogP) is 3.55. The Hall–Kier alpha value is -2.54. The van der Waals surface area contributed by atoms with Crippen molar-refractivity contribution < 1.29 is 18.4 Å². The van der Waals surface area contributed by atoms with E-state index in [9.17, 15) is 4.79 Å². The average Bonchev–Trinajstić information content (AvgIpc) is 3.24. The van der Waals surface area contributed by atoms with Crippen LogP contribution in [0.4, 0.5) is 0 Å². The summed E-state index contributed by atoms with van der Waals surface area (Å²) in [5.74, 6) is 0.620. The number of ether oxygens (including phenoxy) is 1. The highest BCUT2D eigenvalue weighted by molar-refractivity contribution is 8.00. The first-order valence-electron chi connectivity index (χ1n) is 6.97. The number of benzene rings is 1. The third-order valence-corrected chi connectivity index (χ3v) is 4.02. The quantitative estimate of drug-likeness (QED) is 0.505. The van der Waals surface area contributed by atoms with Gasteiger partial charge in [0, 0.05) is 4.90 Å². The number of esters is 1. The molecule has 0 aliphatic heterocycles. The molecule has 0 aliphatic carbocycles. The molecular weight excluding hydrogens is 316 g/mol. The van der Waals surface area contributed by atoms with Gasteiger partial charge in [0.1, 0.15) is 5.25 Å². The largest absolute Gasteiger partial charge is 0.459 e. The van der Waals surface area contributed by atoms with E-state index < -0.39 is 0 Å². The van der Waals surface area contributed by atoms with Gasteiger partial charge < -0.3 is 13.6 Å². The highest BCUT2D eigenvalue weighted by atomic mass is 32.2. The van der Waals surface area contributed by atoms with Crippen LogP contribution < -0.4 is 0 Å². The molecule has 0 fully saturated rings. The van der Waals surface area contributed by atoms with Gasteiger partial charge >= 0.3 is 5.97 Å². The Morgan fingerprint density at radius 3 is 2.78 bits per heavy atom. The number of rotatable bonds is 6. The van der Waals surface area contributed by atoms with Gasteiger partial charge in [0.25, 0.3) is 11.8 Å². The SMILES string of the molecule is C[C@H](Sc1ccccc1)C(=O)OCc1nnc(-c2ccco2)o1. The summed E-state index contributed by atoms with van der Waals surface area (Å²) in [6.07, 6.45) is 1.52. The molecule has 0 spiro atoms.